The molecule has 0 bridgehead atoms. The van der Waals surface area contributed by atoms with Crippen molar-refractivity contribution in [1.82, 2.24) is 19.7 Å². The Bertz CT molecular complexity index is 1180. The van der Waals surface area contributed by atoms with Crippen molar-refractivity contribution in [1.29, 1.82) is 0 Å². The number of halogens is 2. The molecule has 1 unspecified atom stereocenters. The van der Waals surface area contributed by atoms with E-state index in [0.29, 0.717) is 31.9 Å². The minimum atomic E-state index is -0.678. The smallest absolute Gasteiger partial charge is 0.260 e. The van der Waals surface area contributed by atoms with Crippen LogP contribution in [-0.2, 0) is 11.3 Å². The Morgan fingerprint density at radius 2 is 2.03 bits per heavy atom. The number of benzene rings is 1. The van der Waals surface area contributed by atoms with E-state index >= 15 is 0 Å². The monoisotopic (exact) mass is 500 g/mol. The second kappa shape index (κ2) is 9.47. The van der Waals surface area contributed by atoms with Gasteiger partial charge in [-0.3, -0.25) is 14.5 Å². The molecule has 10 heteroatoms. The van der Waals surface area contributed by atoms with Crippen LogP contribution in [-0.4, -0.2) is 82.0 Å². The number of phenolic OH excluding ortho intramolecular Hbond substituents is 1. The van der Waals surface area contributed by atoms with E-state index in [9.17, 15) is 19.1 Å². The summed E-state index contributed by atoms with van der Waals surface area (Å²) in [6, 6.07) is 3.59. The highest BCUT2D eigenvalue weighted by molar-refractivity contribution is 6.35. The quantitative estimate of drug-likeness (QED) is 0.649. The summed E-state index contributed by atoms with van der Waals surface area (Å²) in [7, 11) is 0. The molecule has 184 valence electrons. The number of likely N-dealkylation sites (tertiary alicyclic amines) is 1. The van der Waals surface area contributed by atoms with Crippen LogP contribution in [0.3, 0.4) is 0 Å². The molecule has 5 rings (SSSR count). The number of hydrogen-bond donors (Lipinski definition) is 1. The first-order valence-corrected chi connectivity index (χ1v) is 12.0. The van der Waals surface area contributed by atoms with E-state index in [-0.39, 0.29) is 57.8 Å². The largest absolute Gasteiger partial charge is 0.507 e. The molecule has 1 atom stereocenters. The van der Waals surface area contributed by atoms with E-state index in [2.05, 4.69) is 16.5 Å². The summed E-state index contributed by atoms with van der Waals surface area (Å²) in [6.45, 7) is 6.77. The third kappa shape index (κ3) is 4.23. The number of carbonyl (C=O) groups excluding carboxylic acids is 2. The van der Waals surface area contributed by atoms with Crippen molar-refractivity contribution in [3.8, 4) is 22.8 Å². The number of amides is 2. The number of fused-ring (bicyclic) bond motifs is 2. The highest BCUT2D eigenvalue weighted by Crippen LogP contribution is 2.44. The van der Waals surface area contributed by atoms with Crippen LogP contribution in [0.5, 0.6) is 11.5 Å². The molecule has 2 amide bonds. The van der Waals surface area contributed by atoms with Crippen LogP contribution in [0.2, 0.25) is 5.02 Å². The number of phenols is 1. The number of pyridine rings is 1. The van der Waals surface area contributed by atoms with Crippen LogP contribution >= 0.6 is 11.6 Å². The molecule has 35 heavy (non-hydrogen) atoms. The highest BCUT2D eigenvalue weighted by Gasteiger charge is 2.40. The minimum absolute atomic E-state index is 0.0298. The van der Waals surface area contributed by atoms with E-state index < -0.39 is 5.82 Å². The summed E-state index contributed by atoms with van der Waals surface area (Å²) in [5.41, 5.74) is 0.585. The SMILES string of the molecule is C=CC(=O)N1CCN2C(=O)c3c(CN4CCCC4)nc(-c4c(O)cccc4F)c(Cl)c3OCC2C1. The maximum Gasteiger partial charge on any atom is 0.260 e. The maximum absolute atomic E-state index is 14.8. The third-order valence-corrected chi connectivity index (χ3v) is 7.18. The summed E-state index contributed by atoms with van der Waals surface area (Å²) in [5, 5.41) is 10.4. The zero-order valence-corrected chi connectivity index (χ0v) is 19.9. The molecule has 4 heterocycles. The van der Waals surface area contributed by atoms with Gasteiger partial charge in [0, 0.05) is 26.2 Å². The van der Waals surface area contributed by atoms with Gasteiger partial charge in [-0.15, -0.1) is 0 Å². The van der Waals surface area contributed by atoms with E-state index in [1.165, 1.54) is 24.3 Å². The Kier molecular flexibility index (Phi) is 6.37. The molecular formula is C25H26ClFN4O4. The molecule has 0 radical (unpaired) electrons. The van der Waals surface area contributed by atoms with Gasteiger partial charge in [0.05, 0.1) is 23.0 Å². The zero-order valence-electron chi connectivity index (χ0n) is 19.2. The number of hydrogen-bond acceptors (Lipinski definition) is 6. The number of piperazine rings is 1. The molecule has 1 aromatic heterocycles. The van der Waals surface area contributed by atoms with Gasteiger partial charge in [0.2, 0.25) is 5.91 Å². The van der Waals surface area contributed by atoms with Crippen molar-refractivity contribution in [2.75, 3.05) is 39.3 Å². The van der Waals surface area contributed by atoms with Gasteiger partial charge < -0.3 is 19.6 Å². The molecule has 3 aliphatic heterocycles. The Hall–Kier alpha value is -3.17. The number of carbonyl (C=O) groups is 2. The van der Waals surface area contributed by atoms with Gasteiger partial charge in [0.25, 0.3) is 5.91 Å². The number of aromatic nitrogens is 1. The first kappa shape index (κ1) is 23.6. The maximum atomic E-state index is 14.8. The Morgan fingerprint density at radius 3 is 2.74 bits per heavy atom. The molecule has 1 aromatic carbocycles. The van der Waals surface area contributed by atoms with Gasteiger partial charge in [0.15, 0.2) is 5.75 Å². The molecule has 0 saturated carbocycles. The van der Waals surface area contributed by atoms with Crippen LogP contribution in [0.1, 0.15) is 28.9 Å². The van der Waals surface area contributed by atoms with Crippen molar-refractivity contribution in [3.63, 3.8) is 0 Å². The molecular weight excluding hydrogens is 475 g/mol. The van der Waals surface area contributed by atoms with Crippen LogP contribution < -0.4 is 4.74 Å². The van der Waals surface area contributed by atoms with E-state index in [0.717, 1.165) is 25.9 Å². The lowest BCUT2D eigenvalue weighted by Gasteiger charge is -2.39. The molecule has 2 saturated heterocycles. The fourth-order valence-corrected chi connectivity index (χ4v) is 5.33. The zero-order chi connectivity index (χ0) is 24.7. The fourth-order valence-electron chi connectivity index (χ4n) is 5.04. The van der Waals surface area contributed by atoms with E-state index in [1.54, 1.807) is 9.80 Å². The fraction of sp³-hybridized carbons (Fsp3) is 0.400. The predicted octanol–water partition coefficient (Wildman–Crippen LogP) is 3.07. The Morgan fingerprint density at radius 1 is 1.26 bits per heavy atom. The molecule has 3 aliphatic rings. The third-order valence-electron chi connectivity index (χ3n) is 6.83. The molecule has 0 spiro atoms. The first-order valence-electron chi connectivity index (χ1n) is 11.7. The molecule has 2 fully saturated rings. The molecule has 8 nitrogen and oxygen atoms in total. The summed E-state index contributed by atoms with van der Waals surface area (Å²) in [5.74, 6) is -1.33. The van der Waals surface area contributed by atoms with Crippen molar-refractivity contribution >= 4 is 23.4 Å². The number of nitrogens with zero attached hydrogens (tertiary/aromatic N) is 4. The Labute approximate surface area is 207 Å². The second-order valence-electron chi connectivity index (χ2n) is 8.99. The van der Waals surface area contributed by atoms with Crippen LogP contribution in [0, 0.1) is 5.82 Å². The van der Waals surface area contributed by atoms with Gasteiger partial charge >= 0.3 is 0 Å². The minimum Gasteiger partial charge on any atom is -0.507 e. The summed E-state index contributed by atoms with van der Waals surface area (Å²) in [4.78, 5) is 36.1. The lowest BCUT2D eigenvalue weighted by molar-refractivity contribution is -0.128. The molecule has 2 aromatic rings. The number of rotatable bonds is 4. The van der Waals surface area contributed by atoms with Crippen molar-refractivity contribution in [3.05, 3.63) is 53.0 Å². The topological polar surface area (TPSA) is 86.2 Å². The van der Waals surface area contributed by atoms with Gasteiger partial charge in [0.1, 0.15) is 28.8 Å². The van der Waals surface area contributed by atoms with Crippen molar-refractivity contribution < 1.29 is 23.8 Å². The second-order valence-corrected chi connectivity index (χ2v) is 9.37. The molecule has 0 aliphatic carbocycles. The van der Waals surface area contributed by atoms with Gasteiger partial charge in [-0.05, 0) is 44.1 Å². The summed E-state index contributed by atoms with van der Waals surface area (Å²) >= 11 is 6.70. The van der Waals surface area contributed by atoms with Gasteiger partial charge in [-0.25, -0.2) is 9.37 Å². The average Bonchev–Trinajstić information content (AvgIpc) is 3.31. The Balaban J connectivity index is 1.62. The standard InChI is InChI=1S/C25H26ClFN4O4/c1-2-19(33)30-10-11-31-15(12-30)14-35-24-21(25(31)34)17(13-29-8-3-4-9-29)28-23(22(24)26)20-16(27)6-5-7-18(20)32/h2,5-7,15,32H,1,3-4,8-14H2. The average molecular weight is 501 g/mol. The summed E-state index contributed by atoms with van der Waals surface area (Å²) in [6.07, 6.45) is 3.34. The van der Waals surface area contributed by atoms with Crippen LogP contribution in [0.15, 0.2) is 30.9 Å². The highest BCUT2D eigenvalue weighted by atomic mass is 35.5. The molecule has 1 N–H and O–H groups in total. The van der Waals surface area contributed by atoms with E-state index in [4.69, 9.17) is 16.3 Å². The van der Waals surface area contributed by atoms with Gasteiger partial charge in [-0.1, -0.05) is 24.2 Å². The first-order chi connectivity index (χ1) is 16.9. The number of ether oxygens (including phenoxy) is 1. The summed E-state index contributed by atoms with van der Waals surface area (Å²) < 4.78 is 20.9. The van der Waals surface area contributed by atoms with Crippen molar-refractivity contribution in [2.24, 2.45) is 0 Å². The lowest BCUT2D eigenvalue weighted by atomic mass is 10.0. The predicted molar refractivity (Wildman–Crippen MR) is 128 cm³/mol. The van der Waals surface area contributed by atoms with Crippen LogP contribution in [0.4, 0.5) is 4.39 Å². The van der Waals surface area contributed by atoms with Gasteiger partial charge in [-0.2, -0.15) is 0 Å². The normalized spacial score (nSPS) is 20.2. The van der Waals surface area contributed by atoms with Crippen molar-refractivity contribution in [2.45, 2.75) is 25.4 Å². The van der Waals surface area contributed by atoms with Crippen LogP contribution in [0.25, 0.3) is 11.3 Å². The van der Waals surface area contributed by atoms with E-state index in [1.807, 2.05) is 0 Å². The number of aromatic hydroxyl groups is 1. The lowest BCUT2D eigenvalue weighted by Crippen LogP contribution is -2.57.